The lowest BCUT2D eigenvalue weighted by Gasteiger charge is -2.30. The molecule has 1 amide bonds. The smallest absolute Gasteiger partial charge is 0.387 e. The van der Waals surface area contributed by atoms with E-state index in [4.69, 9.17) is 0 Å². The summed E-state index contributed by atoms with van der Waals surface area (Å²) in [7, 11) is 0. The largest absolute Gasteiger partial charge is 0.435 e. The van der Waals surface area contributed by atoms with Crippen molar-refractivity contribution in [2.75, 3.05) is 13.1 Å². The Hall–Kier alpha value is -1.40. The molecule has 1 fully saturated rings. The number of hydrogen-bond acceptors (Lipinski definition) is 3. The van der Waals surface area contributed by atoms with Gasteiger partial charge < -0.3 is 15.4 Å². The average Bonchev–Trinajstić information content (AvgIpc) is 2.43. The molecule has 2 atom stereocenters. The van der Waals surface area contributed by atoms with Gasteiger partial charge in [0.25, 0.3) is 0 Å². The van der Waals surface area contributed by atoms with E-state index in [2.05, 4.69) is 22.3 Å². The van der Waals surface area contributed by atoms with Crippen molar-refractivity contribution in [1.29, 1.82) is 0 Å². The first-order valence-electron chi connectivity index (χ1n) is 7.08. The van der Waals surface area contributed by atoms with Crippen molar-refractivity contribution in [2.45, 2.75) is 32.4 Å². The van der Waals surface area contributed by atoms with E-state index in [1.165, 1.54) is 12.1 Å². The predicted molar refractivity (Wildman–Crippen MR) is 82.6 cm³/mol. The number of hydrogen-bond donors (Lipinski definition) is 2. The summed E-state index contributed by atoms with van der Waals surface area (Å²) >= 11 is 0. The summed E-state index contributed by atoms with van der Waals surface area (Å²) in [6.45, 7) is 1.09. The van der Waals surface area contributed by atoms with Gasteiger partial charge in [-0.15, -0.1) is 12.4 Å². The van der Waals surface area contributed by atoms with Crippen molar-refractivity contribution in [3.05, 3.63) is 29.8 Å². The Morgan fingerprint density at radius 2 is 2.09 bits per heavy atom. The topological polar surface area (TPSA) is 50.4 Å². The number of carbonyl (C=O) groups excluding carboxylic acids is 1. The first kappa shape index (κ1) is 18.6. The second-order valence-corrected chi connectivity index (χ2v) is 5.34. The maximum Gasteiger partial charge on any atom is 0.387 e. The molecule has 7 heteroatoms. The van der Waals surface area contributed by atoms with Crippen molar-refractivity contribution < 1.29 is 18.3 Å². The lowest BCUT2D eigenvalue weighted by molar-refractivity contribution is -0.121. The highest BCUT2D eigenvalue weighted by Gasteiger charge is 2.22. The fourth-order valence-electron chi connectivity index (χ4n) is 2.46. The fraction of sp³-hybridized carbons (Fsp3) is 0.533. The normalized spacial score (nSPS) is 21.1. The third-order valence-corrected chi connectivity index (χ3v) is 3.64. The highest BCUT2D eigenvalue weighted by Crippen LogP contribution is 2.16. The number of piperidine rings is 1. The first-order valence-corrected chi connectivity index (χ1v) is 7.08. The summed E-state index contributed by atoms with van der Waals surface area (Å²) in [6.07, 6.45) is 1.17. The maximum atomic E-state index is 12.0. The summed E-state index contributed by atoms with van der Waals surface area (Å²) in [5.41, 5.74) is 0.774. The van der Waals surface area contributed by atoms with E-state index in [-0.39, 0.29) is 36.5 Å². The van der Waals surface area contributed by atoms with Crippen LogP contribution in [0.4, 0.5) is 8.78 Å². The average molecular weight is 335 g/mol. The van der Waals surface area contributed by atoms with Crippen molar-refractivity contribution >= 4 is 18.3 Å². The van der Waals surface area contributed by atoms with E-state index in [9.17, 15) is 13.6 Å². The lowest BCUT2D eigenvalue weighted by atomic mass is 9.95. The summed E-state index contributed by atoms with van der Waals surface area (Å²) < 4.78 is 28.3. The Kier molecular flexibility index (Phi) is 7.55. The van der Waals surface area contributed by atoms with Gasteiger partial charge in [-0.05, 0) is 43.1 Å². The third kappa shape index (κ3) is 5.77. The molecule has 0 spiro atoms. The molecule has 1 aliphatic rings. The molecule has 1 aromatic rings. The van der Waals surface area contributed by atoms with E-state index < -0.39 is 6.61 Å². The van der Waals surface area contributed by atoms with Crippen LogP contribution in [0, 0.1) is 5.92 Å². The van der Waals surface area contributed by atoms with Crippen LogP contribution < -0.4 is 15.4 Å². The monoisotopic (exact) mass is 334 g/mol. The minimum absolute atomic E-state index is 0. The molecular weight excluding hydrogens is 314 g/mol. The van der Waals surface area contributed by atoms with Gasteiger partial charge in [-0.3, -0.25) is 4.79 Å². The third-order valence-electron chi connectivity index (χ3n) is 3.64. The number of nitrogens with one attached hydrogen (secondary N) is 2. The minimum Gasteiger partial charge on any atom is -0.435 e. The molecule has 22 heavy (non-hydrogen) atoms. The van der Waals surface area contributed by atoms with Crippen LogP contribution in [0.3, 0.4) is 0 Å². The number of amides is 1. The summed E-state index contributed by atoms with van der Waals surface area (Å²) in [5, 5.41) is 6.32. The molecule has 0 radical (unpaired) electrons. The van der Waals surface area contributed by atoms with Crippen LogP contribution in [0.25, 0.3) is 0 Å². The molecule has 1 aromatic carbocycles. The van der Waals surface area contributed by atoms with Gasteiger partial charge in [0.05, 0.1) is 6.42 Å². The van der Waals surface area contributed by atoms with E-state index in [1.54, 1.807) is 12.1 Å². The Balaban J connectivity index is 0.00000242. The standard InChI is InChI=1S/C15H20F2N2O2.ClH/c1-10-9-18-7-6-13(10)19-14(20)8-11-2-4-12(5-3-11)21-15(16)17;/h2-5,10,13,15,18H,6-9H2,1H3,(H,19,20);1H. The number of rotatable bonds is 5. The van der Waals surface area contributed by atoms with Crippen LogP contribution in [0.1, 0.15) is 18.9 Å². The Bertz CT molecular complexity index is 471. The highest BCUT2D eigenvalue weighted by molar-refractivity contribution is 5.85. The zero-order valence-corrected chi connectivity index (χ0v) is 13.2. The maximum absolute atomic E-state index is 12.0. The number of ether oxygens (including phenoxy) is 1. The molecule has 0 bridgehead atoms. The van der Waals surface area contributed by atoms with E-state index in [0.29, 0.717) is 5.92 Å². The van der Waals surface area contributed by atoms with Crippen LogP contribution >= 0.6 is 12.4 Å². The number of alkyl halides is 2. The summed E-state index contributed by atoms with van der Waals surface area (Å²) in [4.78, 5) is 12.0. The van der Waals surface area contributed by atoms with Crippen molar-refractivity contribution in [3.63, 3.8) is 0 Å². The zero-order valence-electron chi connectivity index (χ0n) is 12.4. The Morgan fingerprint density at radius 1 is 1.41 bits per heavy atom. The van der Waals surface area contributed by atoms with Gasteiger partial charge in [0, 0.05) is 6.04 Å². The van der Waals surface area contributed by atoms with Gasteiger partial charge in [-0.25, -0.2) is 0 Å². The quantitative estimate of drug-likeness (QED) is 0.869. The predicted octanol–water partition coefficient (Wildman–Crippen LogP) is 2.37. The van der Waals surface area contributed by atoms with Crippen LogP contribution in [0.2, 0.25) is 0 Å². The molecule has 2 rings (SSSR count). The molecule has 1 saturated heterocycles. The van der Waals surface area contributed by atoms with E-state index >= 15 is 0 Å². The number of halogens is 3. The van der Waals surface area contributed by atoms with Gasteiger partial charge in [0.1, 0.15) is 5.75 Å². The number of carbonyl (C=O) groups is 1. The van der Waals surface area contributed by atoms with Crippen LogP contribution in [0.15, 0.2) is 24.3 Å². The molecule has 1 aliphatic heterocycles. The van der Waals surface area contributed by atoms with Gasteiger partial charge in [0.15, 0.2) is 0 Å². The first-order chi connectivity index (χ1) is 10.0. The van der Waals surface area contributed by atoms with Gasteiger partial charge in [-0.1, -0.05) is 19.1 Å². The van der Waals surface area contributed by atoms with Crippen molar-refractivity contribution in [3.8, 4) is 5.75 Å². The molecule has 4 nitrogen and oxygen atoms in total. The SMILES string of the molecule is CC1CNCCC1NC(=O)Cc1ccc(OC(F)F)cc1.Cl. The molecule has 0 saturated carbocycles. The Morgan fingerprint density at radius 3 is 2.68 bits per heavy atom. The van der Waals surface area contributed by atoms with E-state index in [0.717, 1.165) is 25.1 Å². The Labute approximate surface area is 135 Å². The van der Waals surface area contributed by atoms with Gasteiger partial charge in [-0.2, -0.15) is 8.78 Å². The molecule has 2 unspecified atom stereocenters. The molecule has 2 N–H and O–H groups in total. The van der Waals surface area contributed by atoms with Crippen LogP contribution in [-0.2, 0) is 11.2 Å². The fourth-order valence-corrected chi connectivity index (χ4v) is 2.46. The summed E-state index contributed by atoms with van der Waals surface area (Å²) in [6, 6.07) is 6.34. The lowest BCUT2D eigenvalue weighted by Crippen LogP contribution is -2.48. The van der Waals surface area contributed by atoms with Gasteiger partial charge >= 0.3 is 6.61 Å². The van der Waals surface area contributed by atoms with Crippen LogP contribution in [-0.4, -0.2) is 31.7 Å². The van der Waals surface area contributed by atoms with Crippen LogP contribution in [0.5, 0.6) is 5.75 Å². The second kappa shape index (κ2) is 8.90. The molecular formula is C15H21ClF2N2O2. The minimum atomic E-state index is -2.83. The van der Waals surface area contributed by atoms with Crippen molar-refractivity contribution in [2.24, 2.45) is 5.92 Å². The highest BCUT2D eigenvalue weighted by atomic mass is 35.5. The van der Waals surface area contributed by atoms with Gasteiger partial charge in [0.2, 0.25) is 5.91 Å². The molecule has 1 heterocycles. The zero-order chi connectivity index (χ0) is 15.2. The summed E-state index contributed by atoms with van der Waals surface area (Å²) in [5.74, 6) is 0.460. The van der Waals surface area contributed by atoms with Crippen molar-refractivity contribution in [1.82, 2.24) is 10.6 Å². The molecule has 0 aromatic heterocycles. The number of benzene rings is 1. The second-order valence-electron chi connectivity index (χ2n) is 5.34. The van der Waals surface area contributed by atoms with E-state index in [1.807, 2.05) is 0 Å². The molecule has 124 valence electrons. The molecule has 0 aliphatic carbocycles.